The number of quaternary nitrogens is 1. The lowest BCUT2D eigenvalue weighted by Gasteiger charge is -2.13. The number of carbonyl (C=O) groups excluding carboxylic acids is 1. The lowest BCUT2D eigenvalue weighted by atomic mass is 10.2. The Morgan fingerprint density at radius 3 is 2.63 bits per heavy atom. The lowest BCUT2D eigenvalue weighted by Crippen LogP contribution is -2.91. The van der Waals surface area contributed by atoms with E-state index in [4.69, 9.17) is 4.74 Å². The van der Waals surface area contributed by atoms with Gasteiger partial charge in [0, 0.05) is 0 Å². The van der Waals surface area contributed by atoms with E-state index in [1.165, 1.54) is 0 Å². The SMILES string of the molecule is CCC(CC)[NH2+]CC(=O)Nc1cc(C)ccc1OC. The Kier molecular flexibility index (Phi) is 6.36. The van der Waals surface area contributed by atoms with Gasteiger partial charge in [0.25, 0.3) is 5.91 Å². The van der Waals surface area contributed by atoms with Crippen LogP contribution >= 0.6 is 0 Å². The molecule has 0 aliphatic rings. The predicted molar refractivity (Wildman–Crippen MR) is 77.5 cm³/mol. The van der Waals surface area contributed by atoms with Gasteiger partial charge in [-0.05, 0) is 37.5 Å². The number of nitrogens with two attached hydrogens (primary N) is 1. The molecule has 3 N–H and O–H groups in total. The molecule has 0 unspecified atom stereocenters. The number of hydrogen-bond donors (Lipinski definition) is 2. The summed E-state index contributed by atoms with van der Waals surface area (Å²) in [6.07, 6.45) is 2.16. The van der Waals surface area contributed by atoms with Crippen LogP contribution < -0.4 is 15.4 Å². The minimum Gasteiger partial charge on any atom is -0.495 e. The number of amides is 1. The molecule has 0 fully saturated rings. The molecule has 0 aromatic heterocycles. The number of methoxy groups -OCH3 is 1. The molecule has 0 spiro atoms. The van der Waals surface area contributed by atoms with E-state index in [9.17, 15) is 4.79 Å². The van der Waals surface area contributed by atoms with E-state index in [2.05, 4.69) is 24.5 Å². The number of nitrogens with one attached hydrogen (secondary N) is 1. The van der Waals surface area contributed by atoms with E-state index in [0.717, 1.165) is 24.1 Å². The molecule has 0 saturated carbocycles. The first-order chi connectivity index (χ1) is 9.10. The van der Waals surface area contributed by atoms with Crippen LogP contribution in [0.5, 0.6) is 5.75 Å². The van der Waals surface area contributed by atoms with Gasteiger partial charge in [0.15, 0.2) is 6.54 Å². The van der Waals surface area contributed by atoms with Gasteiger partial charge in [0.05, 0.1) is 18.8 Å². The van der Waals surface area contributed by atoms with Gasteiger partial charge < -0.3 is 15.4 Å². The molecular weight excluding hydrogens is 240 g/mol. The monoisotopic (exact) mass is 265 g/mol. The average molecular weight is 265 g/mol. The van der Waals surface area contributed by atoms with Crippen LogP contribution in [-0.2, 0) is 4.79 Å². The van der Waals surface area contributed by atoms with Gasteiger partial charge in [-0.3, -0.25) is 4.79 Å². The zero-order valence-electron chi connectivity index (χ0n) is 12.3. The molecule has 4 nitrogen and oxygen atoms in total. The molecule has 106 valence electrons. The topological polar surface area (TPSA) is 54.9 Å². The first-order valence-corrected chi connectivity index (χ1v) is 6.88. The Balaban J connectivity index is 2.59. The molecule has 1 rings (SSSR count). The molecule has 0 bridgehead atoms. The summed E-state index contributed by atoms with van der Waals surface area (Å²) in [7, 11) is 1.61. The van der Waals surface area contributed by atoms with E-state index in [-0.39, 0.29) is 5.91 Å². The van der Waals surface area contributed by atoms with Crippen molar-refractivity contribution in [2.24, 2.45) is 0 Å². The smallest absolute Gasteiger partial charge is 0.279 e. The van der Waals surface area contributed by atoms with Crippen LogP contribution in [0.15, 0.2) is 18.2 Å². The van der Waals surface area contributed by atoms with Crippen molar-refractivity contribution < 1.29 is 14.8 Å². The van der Waals surface area contributed by atoms with Gasteiger partial charge >= 0.3 is 0 Å². The van der Waals surface area contributed by atoms with Gasteiger partial charge in [-0.1, -0.05) is 19.9 Å². The van der Waals surface area contributed by atoms with E-state index in [1.807, 2.05) is 25.1 Å². The van der Waals surface area contributed by atoms with Gasteiger partial charge in [-0.2, -0.15) is 0 Å². The summed E-state index contributed by atoms with van der Waals surface area (Å²) < 4.78 is 5.24. The van der Waals surface area contributed by atoms with Crippen molar-refractivity contribution >= 4 is 11.6 Å². The minimum atomic E-state index is 0.0100. The zero-order chi connectivity index (χ0) is 14.3. The number of rotatable bonds is 7. The fourth-order valence-corrected chi connectivity index (χ4v) is 2.02. The second kappa shape index (κ2) is 7.79. The van der Waals surface area contributed by atoms with Crippen LogP contribution in [0.1, 0.15) is 32.3 Å². The average Bonchev–Trinajstić information content (AvgIpc) is 2.40. The summed E-state index contributed by atoms with van der Waals surface area (Å²) >= 11 is 0. The molecule has 0 radical (unpaired) electrons. The van der Waals surface area contributed by atoms with Gasteiger partial charge in [-0.15, -0.1) is 0 Å². The number of anilines is 1. The van der Waals surface area contributed by atoms with Crippen LogP contribution in [-0.4, -0.2) is 25.6 Å². The van der Waals surface area contributed by atoms with Crippen LogP contribution in [0.25, 0.3) is 0 Å². The minimum absolute atomic E-state index is 0.0100. The summed E-state index contributed by atoms with van der Waals surface area (Å²) in [6.45, 7) is 6.73. The predicted octanol–water partition coefficient (Wildman–Crippen LogP) is 1.69. The summed E-state index contributed by atoms with van der Waals surface area (Å²) in [5, 5.41) is 5.01. The van der Waals surface area contributed by atoms with E-state index >= 15 is 0 Å². The molecule has 0 aliphatic carbocycles. The number of ether oxygens (including phenoxy) is 1. The number of aryl methyl sites for hydroxylation is 1. The van der Waals surface area contributed by atoms with Gasteiger partial charge in [-0.25, -0.2) is 0 Å². The van der Waals surface area contributed by atoms with E-state index in [1.54, 1.807) is 7.11 Å². The zero-order valence-corrected chi connectivity index (χ0v) is 12.3. The van der Waals surface area contributed by atoms with E-state index < -0.39 is 0 Å². The second-order valence-corrected chi connectivity index (χ2v) is 4.77. The van der Waals surface area contributed by atoms with Gasteiger partial charge in [0.2, 0.25) is 0 Å². The van der Waals surface area contributed by atoms with Crippen molar-refractivity contribution in [2.75, 3.05) is 19.0 Å². The number of hydrogen-bond acceptors (Lipinski definition) is 2. The third kappa shape index (κ3) is 4.91. The van der Waals surface area contributed by atoms with Crippen molar-refractivity contribution in [2.45, 2.75) is 39.7 Å². The van der Waals surface area contributed by atoms with Crippen molar-refractivity contribution in [1.29, 1.82) is 0 Å². The summed E-state index contributed by atoms with van der Waals surface area (Å²) in [5.41, 5.74) is 1.84. The highest BCUT2D eigenvalue weighted by Crippen LogP contribution is 2.24. The largest absolute Gasteiger partial charge is 0.495 e. The third-order valence-corrected chi connectivity index (χ3v) is 3.31. The van der Waals surface area contributed by atoms with Crippen molar-refractivity contribution in [3.05, 3.63) is 23.8 Å². The summed E-state index contributed by atoms with van der Waals surface area (Å²) in [4.78, 5) is 11.9. The standard InChI is InChI=1S/C15H24N2O2/c1-5-12(6-2)16-10-15(18)17-13-9-11(3)7-8-14(13)19-4/h7-9,12,16H,5-6,10H2,1-4H3,(H,17,18)/p+1. The molecule has 0 heterocycles. The second-order valence-electron chi connectivity index (χ2n) is 4.77. The molecule has 4 heteroatoms. The molecule has 0 atom stereocenters. The van der Waals surface area contributed by atoms with Crippen LogP contribution in [0.4, 0.5) is 5.69 Å². The van der Waals surface area contributed by atoms with Crippen LogP contribution in [0.3, 0.4) is 0 Å². The molecule has 1 aromatic carbocycles. The highest BCUT2D eigenvalue weighted by Gasteiger charge is 2.12. The third-order valence-electron chi connectivity index (χ3n) is 3.31. The Labute approximate surface area is 115 Å². The normalized spacial score (nSPS) is 10.6. The van der Waals surface area contributed by atoms with Crippen molar-refractivity contribution in [1.82, 2.24) is 0 Å². The Morgan fingerprint density at radius 2 is 2.05 bits per heavy atom. The van der Waals surface area contributed by atoms with Crippen molar-refractivity contribution in [3.8, 4) is 5.75 Å². The first kappa shape index (κ1) is 15.5. The molecular formula is C15H25N2O2+. The number of benzene rings is 1. The summed E-state index contributed by atoms with van der Waals surface area (Å²) in [6, 6.07) is 6.28. The lowest BCUT2D eigenvalue weighted by molar-refractivity contribution is -0.679. The fourth-order valence-electron chi connectivity index (χ4n) is 2.02. The van der Waals surface area contributed by atoms with Gasteiger partial charge in [0.1, 0.15) is 5.75 Å². The quantitative estimate of drug-likeness (QED) is 0.788. The Hall–Kier alpha value is -1.55. The molecule has 0 aliphatic heterocycles. The Bertz CT molecular complexity index is 415. The van der Waals surface area contributed by atoms with E-state index in [0.29, 0.717) is 18.3 Å². The fraction of sp³-hybridized carbons (Fsp3) is 0.533. The highest BCUT2D eigenvalue weighted by atomic mass is 16.5. The molecule has 1 aromatic rings. The highest BCUT2D eigenvalue weighted by molar-refractivity contribution is 5.93. The maximum absolute atomic E-state index is 11.9. The van der Waals surface area contributed by atoms with Crippen LogP contribution in [0.2, 0.25) is 0 Å². The first-order valence-electron chi connectivity index (χ1n) is 6.88. The maximum Gasteiger partial charge on any atom is 0.279 e. The van der Waals surface area contributed by atoms with Crippen LogP contribution in [0, 0.1) is 6.92 Å². The molecule has 1 amide bonds. The maximum atomic E-state index is 11.9. The molecule has 19 heavy (non-hydrogen) atoms. The Morgan fingerprint density at radius 1 is 1.37 bits per heavy atom. The summed E-state index contributed by atoms with van der Waals surface area (Å²) in [5.74, 6) is 0.706. The van der Waals surface area contributed by atoms with Crippen molar-refractivity contribution in [3.63, 3.8) is 0 Å². The number of carbonyl (C=O) groups is 1. The molecule has 0 saturated heterocycles.